The highest BCUT2D eigenvalue weighted by atomic mass is 79.9. The predicted octanol–water partition coefficient (Wildman–Crippen LogP) is 2.06. The Labute approximate surface area is 91.0 Å². The van der Waals surface area contributed by atoms with Gasteiger partial charge in [-0.2, -0.15) is 0 Å². The largest absolute Gasteiger partial charge is 0.333 e. The van der Waals surface area contributed by atoms with Crippen molar-refractivity contribution in [2.75, 3.05) is 5.32 Å². The fourth-order valence-corrected chi connectivity index (χ4v) is 2.00. The van der Waals surface area contributed by atoms with Crippen LogP contribution in [0.3, 0.4) is 0 Å². The zero-order valence-corrected chi connectivity index (χ0v) is 9.60. The fourth-order valence-electron chi connectivity index (χ4n) is 1.22. The third kappa shape index (κ3) is 2.46. The normalized spacial score (nSPS) is 9.71. The summed E-state index contributed by atoms with van der Waals surface area (Å²) >= 11 is 3.37. The summed E-state index contributed by atoms with van der Waals surface area (Å²) in [5, 5.41) is 2.63. The van der Waals surface area contributed by atoms with Crippen molar-refractivity contribution in [3.05, 3.63) is 27.7 Å². The van der Waals surface area contributed by atoms with Gasteiger partial charge in [-0.05, 0) is 47.0 Å². The molecule has 4 N–H and O–H groups in total. The summed E-state index contributed by atoms with van der Waals surface area (Å²) in [6.45, 7) is 3.91. The zero-order chi connectivity index (χ0) is 10.7. The van der Waals surface area contributed by atoms with Crippen molar-refractivity contribution in [1.82, 2.24) is 5.43 Å². The van der Waals surface area contributed by atoms with Gasteiger partial charge in [0.15, 0.2) is 0 Å². The number of anilines is 1. The van der Waals surface area contributed by atoms with Crippen molar-refractivity contribution >= 4 is 27.6 Å². The number of hydrogen-bond donors (Lipinski definition) is 3. The number of hydrogen-bond acceptors (Lipinski definition) is 2. The number of nitrogens with two attached hydrogens (primary N) is 1. The first kappa shape index (κ1) is 11.0. The molecule has 0 aliphatic heterocycles. The van der Waals surface area contributed by atoms with Gasteiger partial charge in [-0.25, -0.2) is 10.6 Å². The molecule has 0 aliphatic rings. The van der Waals surface area contributed by atoms with Gasteiger partial charge in [0.25, 0.3) is 0 Å². The maximum atomic E-state index is 11.0. The highest BCUT2D eigenvalue weighted by molar-refractivity contribution is 9.10. The van der Waals surface area contributed by atoms with E-state index in [4.69, 9.17) is 5.84 Å². The molecule has 0 unspecified atom stereocenters. The molecule has 1 rings (SSSR count). The van der Waals surface area contributed by atoms with Crippen LogP contribution in [0.15, 0.2) is 16.6 Å². The second-order valence-electron chi connectivity index (χ2n) is 3.04. The van der Waals surface area contributed by atoms with E-state index in [2.05, 4.69) is 21.2 Å². The van der Waals surface area contributed by atoms with Crippen LogP contribution in [0.2, 0.25) is 0 Å². The van der Waals surface area contributed by atoms with Crippen molar-refractivity contribution in [3.8, 4) is 0 Å². The van der Waals surface area contributed by atoms with Crippen LogP contribution in [0.25, 0.3) is 0 Å². The fraction of sp³-hybridized carbons (Fsp3) is 0.222. The van der Waals surface area contributed by atoms with Crippen molar-refractivity contribution in [2.45, 2.75) is 13.8 Å². The third-order valence-electron chi connectivity index (χ3n) is 1.80. The molecule has 0 atom stereocenters. The minimum absolute atomic E-state index is 0.433. The second kappa shape index (κ2) is 4.43. The molecule has 0 heterocycles. The minimum atomic E-state index is -0.433. The zero-order valence-electron chi connectivity index (χ0n) is 8.02. The second-order valence-corrected chi connectivity index (χ2v) is 3.89. The lowest BCUT2D eigenvalue weighted by Gasteiger charge is -2.10. The Morgan fingerprint density at radius 1 is 1.43 bits per heavy atom. The van der Waals surface area contributed by atoms with Crippen LogP contribution in [-0.2, 0) is 0 Å². The van der Waals surface area contributed by atoms with Gasteiger partial charge >= 0.3 is 6.03 Å². The van der Waals surface area contributed by atoms with Crippen LogP contribution in [-0.4, -0.2) is 6.03 Å². The minimum Gasteiger partial charge on any atom is -0.306 e. The van der Waals surface area contributed by atoms with Gasteiger partial charge in [0, 0.05) is 4.47 Å². The van der Waals surface area contributed by atoms with E-state index in [0.29, 0.717) is 0 Å². The first-order valence-corrected chi connectivity index (χ1v) is 4.88. The molecule has 0 saturated carbocycles. The van der Waals surface area contributed by atoms with Gasteiger partial charge in [-0.3, -0.25) is 5.43 Å². The molecule has 1 aromatic rings. The van der Waals surface area contributed by atoms with Gasteiger partial charge in [0.05, 0.1) is 5.69 Å². The molecular formula is C9H12BrN3O. The number of nitrogens with one attached hydrogen (secondary N) is 2. The number of hydrazine groups is 1. The first-order chi connectivity index (χ1) is 6.54. The standard InChI is InChI=1S/C9H12BrN3O/c1-5-3-6(2)8(7(10)4-5)12-9(14)13-11/h3-4H,11H2,1-2H3,(H2,12,13,14). The van der Waals surface area contributed by atoms with Gasteiger partial charge in [0.2, 0.25) is 0 Å². The van der Waals surface area contributed by atoms with Gasteiger partial charge < -0.3 is 5.32 Å². The molecule has 0 radical (unpaired) electrons. The summed E-state index contributed by atoms with van der Waals surface area (Å²) in [6, 6.07) is 3.48. The predicted molar refractivity (Wildman–Crippen MR) is 60.0 cm³/mol. The van der Waals surface area contributed by atoms with Crippen LogP contribution < -0.4 is 16.6 Å². The average Bonchev–Trinajstić information content (AvgIpc) is 2.10. The lowest BCUT2D eigenvalue weighted by molar-refractivity contribution is 0.252. The summed E-state index contributed by atoms with van der Waals surface area (Å²) in [7, 11) is 0. The van der Waals surface area contributed by atoms with Crippen molar-refractivity contribution < 1.29 is 4.79 Å². The van der Waals surface area contributed by atoms with Crippen LogP contribution >= 0.6 is 15.9 Å². The van der Waals surface area contributed by atoms with Crippen LogP contribution in [0, 0.1) is 13.8 Å². The molecule has 5 heteroatoms. The number of carbonyl (C=O) groups is 1. The van der Waals surface area contributed by atoms with E-state index in [1.165, 1.54) is 0 Å². The van der Waals surface area contributed by atoms with Crippen molar-refractivity contribution in [1.29, 1.82) is 0 Å². The Kier molecular flexibility index (Phi) is 3.49. The number of halogens is 1. The SMILES string of the molecule is Cc1cc(C)c(NC(=O)NN)c(Br)c1. The maximum Gasteiger partial charge on any atom is 0.333 e. The van der Waals surface area contributed by atoms with Crippen molar-refractivity contribution in [2.24, 2.45) is 5.84 Å². The maximum absolute atomic E-state index is 11.0. The lowest BCUT2D eigenvalue weighted by Crippen LogP contribution is -2.34. The molecule has 1 aromatic carbocycles. The van der Waals surface area contributed by atoms with Crippen LogP contribution in [0.1, 0.15) is 11.1 Å². The van der Waals surface area contributed by atoms with Gasteiger partial charge in [-0.15, -0.1) is 0 Å². The topological polar surface area (TPSA) is 67.2 Å². The number of amides is 2. The highest BCUT2D eigenvalue weighted by Crippen LogP contribution is 2.27. The Balaban J connectivity index is 3.02. The summed E-state index contributed by atoms with van der Waals surface area (Å²) < 4.78 is 0.846. The molecule has 0 saturated heterocycles. The Hall–Kier alpha value is -1.07. The van der Waals surface area contributed by atoms with E-state index in [1.807, 2.05) is 31.4 Å². The molecule has 76 valence electrons. The number of carbonyl (C=O) groups excluding carboxylic acids is 1. The summed E-state index contributed by atoms with van der Waals surface area (Å²) in [4.78, 5) is 11.0. The summed E-state index contributed by atoms with van der Waals surface area (Å²) in [6.07, 6.45) is 0. The van der Waals surface area contributed by atoms with Gasteiger partial charge in [-0.1, -0.05) is 6.07 Å². The third-order valence-corrected chi connectivity index (χ3v) is 2.43. The van der Waals surface area contributed by atoms with E-state index < -0.39 is 6.03 Å². The molecule has 0 bridgehead atoms. The Bertz CT molecular complexity index is 342. The monoisotopic (exact) mass is 257 g/mol. The molecule has 0 aromatic heterocycles. The molecule has 4 nitrogen and oxygen atoms in total. The molecule has 0 spiro atoms. The van der Waals surface area contributed by atoms with E-state index in [0.717, 1.165) is 21.3 Å². The van der Waals surface area contributed by atoms with Crippen molar-refractivity contribution in [3.63, 3.8) is 0 Å². The van der Waals surface area contributed by atoms with E-state index in [1.54, 1.807) is 0 Å². The molecular weight excluding hydrogens is 246 g/mol. The summed E-state index contributed by atoms with van der Waals surface area (Å²) in [5.74, 6) is 4.97. The summed E-state index contributed by atoms with van der Waals surface area (Å²) in [5.41, 5.74) is 4.87. The number of aryl methyl sites for hydroxylation is 2. The average molecular weight is 258 g/mol. The molecule has 2 amide bonds. The molecule has 0 fully saturated rings. The highest BCUT2D eigenvalue weighted by Gasteiger charge is 2.07. The first-order valence-electron chi connectivity index (χ1n) is 4.09. The Morgan fingerprint density at radius 2 is 2.07 bits per heavy atom. The Morgan fingerprint density at radius 3 is 2.57 bits per heavy atom. The lowest BCUT2D eigenvalue weighted by atomic mass is 10.1. The number of urea groups is 1. The quantitative estimate of drug-likeness (QED) is 0.410. The van der Waals surface area contributed by atoms with Crippen LogP contribution in [0.4, 0.5) is 10.5 Å². The van der Waals surface area contributed by atoms with E-state index in [9.17, 15) is 4.79 Å². The van der Waals surface area contributed by atoms with Crippen LogP contribution in [0.5, 0.6) is 0 Å². The van der Waals surface area contributed by atoms with E-state index in [-0.39, 0.29) is 0 Å². The number of rotatable bonds is 1. The molecule has 0 aliphatic carbocycles. The number of benzene rings is 1. The van der Waals surface area contributed by atoms with Gasteiger partial charge in [0.1, 0.15) is 0 Å². The smallest absolute Gasteiger partial charge is 0.306 e. The molecule has 14 heavy (non-hydrogen) atoms. The van der Waals surface area contributed by atoms with E-state index >= 15 is 0 Å².